The average Bonchev–Trinajstić information content (AvgIpc) is 3.52. The molecule has 10 heteroatoms. The fourth-order valence-corrected chi connectivity index (χ4v) is 5.49. The fourth-order valence-electron chi connectivity index (χ4n) is 4.67. The molecule has 4 aromatic rings. The van der Waals surface area contributed by atoms with Crippen LogP contribution >= 0.6 is 11.3 Å². The Bertz CT molecular complexity index is 1410. The van der Waals surface area contributed by atoms with Crippen molar-refractivity contribution in [2.24, 2.45) is 5.92 Å². The number of anilines is 1. The second-order valence-electron chi connectivity index (χ2n) is 9.27. The van der Waals surface area contributed by atoms with Crippen molar-refractivity contribution in [3.8, 4) is 5.75 Å². The summed E-state index contributed by atoms with van der Waals surface area (Å²) in [7, 11) is 1.67. The lowest BCUT2D eigenvalue weighted by Crippen LogP contribution is -2.48. The molecular formula is C25H30N6O3S. The number of hydrogen-bond donors (Lipinski definition) is 0. The molecule has 1 aliphatic rings. The van der Waals surface area contributed by atoms with E-state index in [2.05, 4.69) is 35.0 Å². The zero-order valence-corrected chi connectivity index (χ0v) is 21.1. The lowest BCUT2D eigenvalue weighted by molar-refractivity contribution is -0.131. The van der Waals surface area contributed by atoms with E-state index in [1.807, 2.05) is 38.9 Å². The molecule has 0 N–H and O–H groups in total. The third kappa shape index (κ3) is 4.50. The van der Waals surface area contributed by atoms with Gasteiger partial charge in [0.1, 0.15) is 16.3 Å². The van der Waals surface area contributed by atoms with Gasteiger partial charge in [-0.2, -0.15) is 0 Å². The monoisotopic (exact) mass is 494 g/mol. The maximum Gasteiger partial charge on any atom is 0.272 e. The van der Waals surface area contributed by atoms with Gasteiger partial charge < -0.3 is 14.5 Å². The molecule has 3 aromatic heterocycles. The molecule has 1 aliphatic heterocycles. The SMILES string of the molecule is COc1cccc(N2CCN(C(=O)CCc3nnc4n(CC(C)C)c(=O)c5sccc5n34)CC2)c1. The molecule has 1 aromatic carbocycles. The highest BCUT2D eigenvalue weighted by molar-refractivity contribution is 7.17. The van der Waals surface area contributed by atoms with Crippen molar-refractivity contribution in [1.82, 2.24) is 24.1 Å². The lowest BCUT2D eigenvalue weighted by atomic mass is 10.2. The molecule has 1 fully saturated rings. The largest absolute Gasteiger partial charge is 0.497 e. The number of nitrogens with zero attached hydrogens (tertiary/aromatic N) is 6. The van der Waals surface area contributed by atoms with Crippen molar-refractivity contribution in [1.29, 1.82) is 0 Å². The van der Waals surface area contributed by atoms with Gasteiger partial charge in [0.25, 0.3) is 5.56 Å². The fraction of sp³-hybridized carbons (Fsp3) is 0.440. The molecule has 9 nitrogen and oxygen atoms in total. The molecule has 0 spiro atoms. The van der Waals surface area contributed by atoms with Crippen molar-refractivity contribution in [3.63, 3.8) is 0 Å². The maximum atomic E-state index is 13.0. The minimum atomic E-state index is -0.0277. The lowest BCUT2D eigenvalue weighted by Gasteiger charge is -2.36. The first-order chi connectivity index (χ1) is 17.0. The predicted octanol–water partition coefficient (Wildman–Crippen LogP) is 3.05. The number of thiophene rings is 1. The zero-order chi connectivity index (χ0) is 24.5. The van der Waals surface area contributed by atoms with Gasteiger partial charge in [-0.05, 0) is 29.5 Å². The second-order valence-corrected chi connectivity index (χ2v) is 10.2. The number of rotatable bonds is 7. The molecule has 0 atom stereocenters. The van der Waals surface area contributed by atoms with Crippen LogP contribution in [0.5, 0.6) is 5.75 Å². The smallest absolute Gasteiger partial charge is 0.272 e. The van der Waals surface area contributed by atoms with E-state index in [0.717, 1.165) is 30.0 Å². The Balaban J connectivity index is 1.29. The zero-order valence-electron chi connectivity index (χ0n) is 20.3. The number of amides is 1. The van der Waals surface area contributed by atoms with Gasteiger partial charge in [-0.1, -0.05) is 19.9 Å². The van der Waals surface area contributed by atoms with Crippen LogP contribution in [0, 0.1) is 5.92 Å². The van der Waals surface area contributed by atoms with Crippen molar-refractivity contribution in [2.75, 3.05) is 38.2 Å². The molecule has 0 bridgehead atoms. The summed E-state index contributed by atoms with van der Waals surface area (Å²) >= 11 is 1.43. The summed E-state index contributed by atoms with van der Waals surface area (Å²) in [4.78, 5) is 30.2. The summed E-state index contributed by atoms with van der Waals surface area (Å²) in [5.41, 5.74) is 1.90. The van der Waals surface area contributed by atoms with Crippen LogP contribution in [0.25, 0.3) is 16.0 Å². The first-order valence-electron chi connectivity index (χ1n) is 12.0. The quantitative estimate of drug-likeness (QED) is 0.393. The minimum Gasteiger partial charge on any atom is -0.497 e. The van der Waals surface area contributed by atoms with Crippen LogP contribution in [0.1, 0.15) is 26.1 Å². The number of aromatic nitrogens is 4. The molecule has 35 heavy (non-hydrogen) atoms. The number of carbonyl (C=O) groups is 1. The Hall–Kier alpha value is -3.40. The summed E-state index contributed by atoms with van der Waals surface area (Å²) < 4.78 is 9.68. The first-order valence-corrected chi connectivity index (χ1v) is 12.8. The van der Waals surface area contributed by atoms with Crippen molar-refractivity contribution in [3.05, 3.63) is 51.9 Å². The van der Waals surface area contributed by atoms with E-state index in [1.54, 1.807) is 11.7 Å². The molecule has 1 amide bonds. The van der Waals surface area contributed by atoms with Crippen molar-refractivity contribution in [2.45, 2.75) is 33.2 Å². The Morgan fingerprint density at radius 2 is 1.94 bits per heavy atom. The van der Waals surface area contributed by atoms with Crippen LogP contribution in [-0.2, 0) is 17.8 Å². The highest BCUT2D eigenvalue weighted by atomic mass is 32.1. The molecular weight excluding hydrogens is 464 g/mol. The molecule has 0 radical (unpaired) electrons. The third-order valence-electron chi connectivity index (χ3n) is 6.44. The maximum absolute atomic E-state index is 13.0. The Morgan fingerprint density at radius 1 is 1.14 bits per heavy atom. The van der Waals surface area contributed by atoms with Crippen molar-refractivity contribution < 1.29 is 9.53 Å². The van der Waals surface area contributed by atoms with Gasteiger partial charge in [-0.3, -0.25) is 18.6 Å². The number of methoxy groups -OCH3 is 1. The number of hydrogen-bond acceptors (Lipinski definition) is 7. The first kappa shape index (κ1) is 23.3. The summed E-state index contributed by atoms with van der Waals surface area (Å²) in [6, 6.07) is 9.95. The van der Waals surface area contributed by atoms with Crippen LogP contribution in [0.4, 0.5) is 5.69 Å². The highest BCUT2D eigenvalue weighted by Gasteiger charge is 2.23. The van der Waals surface area contributed by atoms with E-state index in [4.69, 9.17) is 4.74 Å². The average molecular weight is 495 g/mol. The number of ether oxygens (including phenoxy) is 1. The van der Waals surface area contributed by atoms with Crippen LogP contribution in [0.3, 0.4) is 0 Å². The Morgan fingerprint density at radius 3 is 2.69 bits per heavy atom. The van der Waals surface area contributed by atoms with E-state index in [1.165, 1.54) is 11.3 Å². The summed E-state index contributed by atoms with van der Waals surface area (Å²) in [5.74, 6) is 2.50. The van der Waals surface area contributed by atoms with Gasteiger partial charge in [0.15, 0.2) is 0 Å². The van der Waals surface area contributed by atoms with E-state index < -0.39 is 0 Å². The van der Waals surface area contributed by atoms with Crippen molar-refractivity contribution >= 4 is 38.9 Å². The molecule has 4 heterocycles. The predicted molar refractivity (Wildman–Crippen MR) is 138 cm³/mol. The number of benzene rings is 1. The Kier molecular flexibility index (Phi) is 6.46. The number of piperazine rings is 1. The van der Waals surface area contributed by atoms with Gasteiger partial charge >= 0.3 is 0 Å². The highest BCUT2D eigenvalue weighted by Crippen LogP contribution is 2.23. The minimum absolute atomic E-state index is 0.0277. The molecule has 184 valence electrons. The summed E-state index contributed by atoms with van der Waals surface area (Å²) in [6.45, 7) is 7.65. The van der Waals surface area contributed by atoms with E-state index in [9.17, 15) is 9.59 Å². The third-order valence-corrected chi connectivity index (χ3v) is 7.33. The van der Waals surface area contributed by atoms with Crippen LogP contribution < -0.4 is 15.2 Å². The number of carbonyl (C=O) groups excluding carboxylic acids is 1. The van der Waals surface area contributed by atoms with Crippen LogP contribution in [0.2, 0.25) is 0 Å². The van der Waals surface area contributed by atoms with Gasteiger partial charge in [-0.15, -0.1) is 21.5 Å². The van der Waals surface area contributed by atoms with Gasteiger partial charge in [-0.25, -0.2) is 0 Å². The summed E-state index contributed by atoms with van der Waals surface area (Å²) in [5, 5.41) is 10.7. The van der Waals surface area contributed by atoms with Crippen LogP contribution in [-0.4, -0.2) is 63.3 Å². The molecule has 5 rings (SSSR count). The van der Waals surface area contributed by atoms with Crippen LogP contribution in [0.15, 0.2) is 40.5 Å². The second kappa shape index (κ2) is 9.69. The normalized spacial score (nSPS) is 14.4. The number of aryl methyl sites for hydroxylation is 1. The van der Waals surface area contributed by atoms with E-state index in [0.29, 0.717) is 54.7 Å². The summed E-state index contributed by atoms with van der Waals surface area (Å²) in [6.07, 6.45) is 0.829. The van der Waals surface area contributed by atoms with Gasteiger partial charge in [0.2, 0.25) is 11.7 Å². The van der Waals surface area contributed by atoms with Gasteiger partial charge in [0.05, 0.1) is 12.6 Å². The van der Waals surface area contributed by atoms with E-state index in [-0.39, 0.29) is 11.5 Å². The molecule has 0 unspecified atom stereocenters. The van der Waals surface area contributed by atoms with E-state index >= 15 is 0 Å². The molecule has 0 aliphatic carbocycles. The molecule has 0 saturated carbocycles. The topological polar surface area (TPSA) is 85.0 Å². The number of fused-ring (bicyclic) bond motifs is 3. The Labute approximate surface area is 207 Å². The standard InChI is InChI=1S/C25H30N6O3S/c1-17(2)16-30-24(33)23-20(9-14-35-23)31-21(26-27-25(30)31)7-8-22(32)29-12-10-28(11-13-29)18-5-4-6-19(15-18)34-3/h4-6,9,14-15,17H,7-8,10-13,16H2,1-3H3. The van der Waals surface area contributed by atoms with Gasteiger partial charge in [0, 0.05) is 57.3 Å². The molecule has 1 saturated heterocycles.